The van der Waals surface area contributed by atoms with E-state index in [-0.39, 0.29) is 11.8 Å². The van der Waals surface area contributed by atoms with Crippen molar-refractivity contribution in [1.82, 2.24) is 0 Å². The standard InChI is InChI=1S/C15H15FO2/c1-10(17)18-15(2,3)14-9-12(16)8-11-6-4-5-7-13(11)14/h4-9H,1-3H3. The van der Waals surface area contributed by atoms with E-state index in [1.54, 1.807) is 13.8 Å². The third kappa shape index (κ3) is 2.35. The number of ether oxygens (including phenoxy) is 1. The fraction of sp³-hybridized carbons (Fsp3) is 0.267. The first-order valence-corrected chi connectivity index (χ1v) is 5.78. The summed E-state index contributed by atoms with van der Waals surface area (Å²) in [6, 6.07) is 10.4. The van der Waals surface area contributed by atoms with Crippen molar-refractivity contribution in [1.29, 1.82) is 0 Å². The lowest BCUT2D eigenvalue weighted by Gasteiger charge is -2.26. The zero-order valence-electron chi connectivity index (χ0n) is 10.7. The van der Waals surface area contributed by atoms with Crippen LogP contribution in [0.25, 0.3) is 10.8 Å². The predicted molar refractivity (Wildman–Crippen MR) is 68.7 cm³/mol. The number of hydrogen-bond donors (Lipinski definition) is 0. The summed E-state index contributed by atoms with van der Waals surface area (Å²) >= 11 is 0. The van der Waals surface area contributed by atoms with E-state index >= 15 is 0 Å². The van der Waals surface area contributed by atoms with E-state index in [1.807, 2.05) is 24.3 Å². The van der Waals surface area contributed by atoms with Gasteiger partial charge in [-0.3, -0.25) is 4.79 Å². The van der Waals surface area contributed by atoms with Gasteiger partial charge in [-0.25, -0.2) is 4.39 Å². The van der Waals surface area contributed by atoms with Gasteiger partial charge in [-0.2, -0.15) is 0 Å². The first-order valence-electron chi connectivity index (χ1n) is 5.78. The Bertz CT molecular complexity index is 602. The molecule has 18 heavy (non-hydrogen) atoms. The van der Waals surface area contributed by atoms with Gasteiger partial charge < -0.3 is 4.74 Å². The summed E-state index contributed by atoms with van der Waals surface area (Å²) < 4.78 is 18.9. The van der Waals surface area contributed by atoms with Crippen LogP contribution in [0.1, 0.15) is 26.3 Å². The molecule has 0 aliphatic rings. The Morgan fingerprint density at radius 3 is 2.56 bits per heavy atom. The third-order valence-electron chi connectivity index (χ3n) is 2.87. The lowest BCUT2D eigenvalue weighted by atomic mass is 9.92. The molecule has 2 nitrogen and oxygen atoms in total. The molecule has 2 rings (SSSR count). The molecule has 0 fully saturated rings. The monoisotopic (exact) mass is 246 g/mol. The van der Waals surface area contributed by atoms with Crippen LogP contribution in [-0.4, -0.2) is 5.97 Å². The molecule has 0 saturated heterocycles. The number of halogens is 1. The molecular formula is C15H15FO2. The van der Waals surface area contributed by atoms with Crippen LogP contribution in [0.4, 0.5) is 4.39 Å². The summed E-state index contributed by atoms with van der Waals surface area (Å²) in [6.45, 7) is 4.87. The minimum absolute atomic E-state index is 0.330. The summed E-state index contributed by atoms with van der Waals surface area (Å²) in [7, 11) is 0. The van der Waals surface area contributed by atoms with Crippen molar-refractivity contribution < 1.29 is 13.9 Å². The zero-order chi connectivity index (χ0) is 13.3. The van der Waals surface area contributed by atoms with Crippen molar-refractivity contribution in [2.75, 3.05) is 0 Å². The molecule has 0 aliphatic heterocycles. The molecule has 0 heterocycles. The van der Waals surface area contributed by atoms with Gasteiger partial charge in [0.25, 0.3) is 0 Å². The number of fused-ring (bicyclic) bond motifs is 1. The van der Waals surface area contributed by atoms with Gasteiger partial charge in [0.1, 0.15) is 11.4 Å². The SMILES string of the molecule is CC(=O)OC(C)(C)c1cc(F)cc2ccccc12. The van der Waals surface area contributed by atoms with E-state index in [0.717, 1.165) is 10.8 Å². The predicted octanol–water partition coefficient (Wildman–Crippen LogP) is 3.78. The zero-order valence-corrected chi connectivity index (χ0v) is 10.7. The molecule has 0 amide bonds. The van der Waals surface area contributed by atoms with Gasteiger partial charge in [0, 0.05) is 12.5 Å². The second-order valence-corrected chi connectivity index (χ2v) is 4.78. The molecule has 0 aromatic heterocycles. The van der Waals surface area contributed by atoms with Crippen molar-refractivity contribution in [3.8, 4) is 0 Å². The van der Waals surface area contributed by atoms with Gasteiger partial charge >= 0.3 is 5.97 Å². The Balaban J connectivity index is 2.66. The molecule has 2 aromatic rings. The Labute approximate surface area is 105 Å². The normalized spacial score (nSPS) is 11.6. The van der Waals surface area contributed by atoms with E-state index in [1.165, 1.54) is 19.1 Å². The fourth-order valence-electron chi connectivity index (χ4n) is 2.19. The van der Waals surface area contributed by atoms with E-state index in [4.69, 9.17) is 4.74 Å². The van der Waals surface area contributed by atoms with Crippen LogP contribution >= 0.6 is 0 Å². The number of carbonyl (C=O) groups excluding carboxylic acids is 1. The highest BCUT2D eigenvalue weighted by Gasteiger charge is 2.26. The Morgan fingerprint density at radius 2 is 1.89 bits per heavy atom. The van der Waals surface area contributed by atoms with Crippen molar-refractivity contribution in [3.05, 3.63) is 47.8 Å². The largest absolute Gasteiger partial charge is 0.455 e. The molecular weight excluding hydrogens is 231 g/mol. The molecule has 0 unspecified atom stereocenters. The summed E-state index contributed by atoms with van der Waals surface area (Å²) in [5.41, 5.74) is -0.179. The second-order valence-electron chi connectivity index (χ2n) is 4.78. The molecule has 0 bridgehead atoms. The van der Waals surface area contributed by atoms with E-state index in [9.17, 15) is 9.18 Å². The molecule has 0 saturated carbocycles. The summed E-state index contributed by atoms with van der Waals surface area (Å²) in [6.07, 6.45) is 0. The average Bonchev–Trinajstić information content (AvgIpc) is 2.26. The molecule has 0 N–H and O–H groups in total. The van der Waals surface area contributed by atoms with Gasteiger partial charge in [-0.15, -0.1) is 0 Å². The number of hydrogen-bond acceptors (Lipinski definition) is 2. The average molecular weight is 246 g/mol. The maximum absolute atomic E-state index is 13.6. The minimum Gasteiger partial charge on any atom is -0.455 e. The Kier molecular flexibility index (Phi) is 3.07. The van der Waals surface area contributed by atoms with Crippen LogP contribution in [0.2, 0.25) is 0 Å². The molecule has 94 valence electrons. The maximum Gasteiger partial charge on any atom is 0.303 e. The highest BCUT2D eigenvalue weighted by atomic mass is 19.1. The third-order valence-corrected chi connectivity index (χ3v) is 2.87. The van der Waals surface area contributed by atoms with Crippen molar-refractivity contribution in [3.63, 3.8) is 0 Å². The highest BCUT2D eigenvalue weighted by Crippen LogP contribution is 2.32. The van der Waals surface area contributed by atoms with Crippen LogP contribution in [0.15, 0.2) is 36.4 Å². The lowest BCUT2D eigenvalue weighted by molar-refractivity contribution is -0.154. The molecule has 3 heteroatoms. The molecule has 0 atom stereocenters. The number of benzene rings is 2. The first-order chi connectivity index (χ1) is 8.40. The quantitative estimate of drug-likeness (QED) is 0.754. The summed E-state index contributed by atoms with van der Waals surface area (Å²) in [5, 5.41) is 1.69. The van der Waals surface area contributed by atoms with Crippen molar-refractivity contribution >= 4 is 16.7 Å². The van der Waals surface area contributed by atoms with Crippen molar-refractivity contribution in [2.45, 2.75) is 26.4 Å². The Hall–Kier alpha value is -1.90. The molecule has 0 aliphatic carbocycles. The Morgan fingerprint density at radius 1 is 1.22 bits per heavy atom. The maximum atomic E-state index is 13.6. The fourth-order valence-corrected chi connectivity index (χ4v) is 2.19. The van der Waals surface area contributed by atoms with Crippen molar-refractivity contribution in [2.24, 2.45) is 0 Å². The second kappa shape index (κ2) is 4.41. The molecule has 2 aromatic carbocycles. The first kappa shape index (κ1) is 12.6. The highest BCUT2D eigenvalue weighted by molar-refractivity contribution is 5.86. The van der Waals surface area contributed by atoms with E-state index in [0.29, 0.717) is 5.56 Å². The summed E-state index contributed by atoms with van der Waals surface area (Å²) in [4.78, 5) is 11.1. The van der Waals surface area contributed by atoms with Gasteiger partial charge in [0.2, 0.25) is 0 Å². The van der Waals surface area contributed by atoms with Gasteiger partial charge in [-0.05, 0) is 36.8 Å². The number of rotatable bonds is 2. The van der Waals surface area contributed by atoms with Gasteiger partial charge in [0.05, 0.1) is 0 Å². The van der Waals surface area contributed by atoms with Crippen LogP contribution in [0.5, 0.6) is 0 Å². The van der Waals surface area contributed by atoms with Crippen LogP contribution < -0.4 is 0 Å². The number of carbonyl (C=O) groups is 1. The van der Waals surface area contributed by atoms with Crippen LogP contribution in [0, 0.1) is 5.82 Å². The topological polar surface area (TPSA) is 26.3 Å². The lowest BCUT2D eigenvalue weighted by Crippen LogP contribution is -2.24. The van der Waals surface area contributed by atoms with Gasteiger partial charge in [0.15, 0.2) is 0 Å². The number of esters is 1. The minimum atomic E-state index is -0.854. The van der Waals surface area contributed by atoms with E-state index < -0.39 is 5.60 Å². The van der Waals surface area contributed by atoms with Crippen LogP contribution in [-0.2, 0) is 15.1 Å². The van der Waals surface area contributed by atoms with E-state index in [2.05, 4.69) is 0 Å². The summed E-state index contributed by atoms with van der Waals surface area (Å²) in [5.74, 6) is -0.711. The van der Waals surface area contributed by atoms with Gasteiger partial charge in [-0.1, -0.05) is 24.3 Å². The smallest absolute Gasteiger partial charge is 0.303 e. The molecule has 0 spiro atoms. The molecule has 0 radical (unpaired) electrons. The van der Waals surface area contributed by atoms with Crippen LogP contribution in [0.3, 0.4) is 0 Å².